The molecule has 2 saturated heterocycles. The van der Waals surface area contributed by atoms with Crippen LogP contribution >= 0.6 is 8.53 Å². The van der Waals surface area contributed by atoms with Crippen molar-refractivity contribution in [2.45, 2.75) is 70.7 Å². The smallest absolute Gasteiger partial charge is 0.260 e. The van der Waals surface area contributed by atoms with Crippen molar-refractivity contribution in [2.24, 2.45) is 0 Å². The molecule has 0 aliphatic carbocycles. The van der Waals surface area contributed by atoms with Crippen molar-refractivity contribution in [2.75, 3.05) is 14.1 Å². The fraction of sp³-hybridized carbons (Fsp3) is 0.351. The maximum absolute atomic E-state index is 7.43. The van der Waals surface area contributed by atoms with E-state index in [1.807, 2.05) is 27.9 Å². The lowest BCUT2D eigenvalue weighted by Crippen LogP contribution is -2.53. The Labute approximate surface area is 257 Å². The Balaban J connectivity index is 1.71. The Morgan fingerprint density at radius 3 is 0.977 bits per heavy atom. The van der Waals surface area contributed by atoms with Crippen molar-refractivity contribution in [1.29, 1.82) is 0 Å². The molecule has 6 rings (SSSR count). The Kier molecular flexibility index (Phi) is 7.88. The van der Waals surface area contributed by atoms with Gasteiger partial charge in [-0.25, -0.2) is 4.67 Å². The van der Waals surface area contributed by atoms with Crippen LogP contribution in [0.2, 0.25) is 0 Å². The van der Waals surface area contributed by atoms with E-state index in [4.69, 9.17) is 18.5 Å². The second-order valence-electron chi connectivity index (χ2n) is 12.7. The summed E-state index contributed by atoms with van der Waals surface area (Å²) in [6, 6.07) is 34.4. The summed E-state index contributed by atoms with van der Waals surface area (Å²) in [6.07, 6.45) is -1.13. The van der Waals surface area contributed by atoms with Gasteiger partial charge in [0.05, 0.1) is 0 Å². The molecule has 224 valence electrons. The molecular weight excluding hydrogens is 553 g/mol. The van der Waals surface area contributed by atoms with E-state index < -0.39 is 37.7 Å². The Morgan fingerprint density at radius 2 is 0.744 bits per heavy atom. The normalized spacial score (nSPS) is 24.0. The number of aryl methyl sites for hydroxylation is 4. The highest BCUT2D eigenvalue weighted by Crippen LogP contribution is 2.65. The molecule has 2 aliphatic heterocycles. The van der Waals surface area contributed by atoms with E-state index in [1.54, 1.807) is 0 Å². The highest BCUT2D eigenvalue weighted by Gasteiger charge is 2.67. The van der Waals surface area contributed by atoms with Gasteiger partial charge >= 0.3 is 0 Å². The zero-order valence-corrected chi connectivity index (χ0v) is 27.3. The van der Waals surface area contributed by atoms with Gasteiger partial charge in [-0.2, -0.15) is 0 Å². The first-order valence-corrected chi connectivity index (χ1v) is 16.1. The molecule has 2 atom stereocenters. The van der Waals surface area contributed by atoms with Gasteiger partial charge in [-0.3, -0.25) is 0 Å². The van der Waals surface area contributed by atoms with E-state index in [-0.39, 0.29) is 0 Å². The highest BCUT2D eigenvalue weighted by molar-refractivity contribution is 7.44. The van der Waals surface area contributed by atoms with E-state index in [0.717, 1.165) is 22.3 Å². The molecule has 6 heteroatoms. The highest BCUT2D eigenvalue weighted by atomic mass is 31.2. The van der Waals surface area contributed by atoms with E-state index in [2.05, 4.69) is 129 Å². The lowest BCUT2D eigenvalue weighted by molar-refractivity contribution is -0.175. The molecule has 0 radical (unpaired) electrons. The number of nitrogens with zero attached hydrogens (tertiary/aromatic N) is 1. The molecule has 0 aromatic heterocycles. The van der Waals surface area contributed by atoms with Gasteiger partial charge in [-0.15, -0.1) is 0 Å². The van der Waals surface area contributed by atoms with E-state index in [1.165, 1.54) is 22.3 Å². The first-order valence-electron chi connectivity index (χ1n) is 14.9. The summed E-state index contributed by atoms with van der Waals surface area (Å²) in [7, 11) is 2.39. The molecule has 0 bridgehead atoms. The second kappa shape index (κ2) is 11.2. The fourth-order valence-electron chi connectivity index (χ4n) is 6.29. The van der Waals surface area contributed by atoms with Gasteiger partial charge < -0.3 is 18.5 Å². The predicted octanol–water partition coefficient (Wildman–Crippen LogP) is 8.46. The lowest BCUT2D eigenvalue weighted by Gasteiger charge is -2.41. The van der Waals surface area contributed by atoms with Crippen molar-refractivity contribution in [3.63, 3.8) is 0 Å². The van der Waals surface area contributed by atoms with Crippen molar-refractivity contribution in [3.05, 3.63) is 142 Å². The fourth-order valence-corrected chi connectivity index (χ4v) is 7.78. The van der Waals surface area contributed by atoms with Gasteiger partial charge in [-0.1, -0.05) is 119 Å². The van der Waals surface area contributed by atoms with Crippen LogP contribution in [0.3, 0.4) is 0 Å². The van der Waals surface area contributed by atoms with Crippen LogP contribution < -0.4 is 0 Å². The molecule has 0 amide bonds. The van der Waals surface area contributed by atoms with Gasteiger partial charge in [0.25, 0.3) is 8.53 Å². The first kappa shape index (κ1) is 30.1. The number of hydrogen-bond donors (Lipinski definition) is 0. The molecule has 4 aromatic rings. The average molecular weight is 596 g/mol. The second-order valence-corrected chi connectivity index (χ2v) is 14.3. The van der Waals surface area contributed by atoms with Crippen molar-refractivity contribution >= 4 is 8.53 Å². The summed E-state index contributed by atoms with van der Waals surface area (Å²) < 4.78 is 31.0. The summed E-state index contributed by atoms with van der Waals surface area (Å²) in [5, 5.41) is 0. The number of fused-ring (bicyclic) bond motifs is 1. The molecule has 2 aliphatic rings. The van der Waals surface area contributed by atoms with Crippen LogP contribution in [-0.2, 0) is 29.7 Å². The molecular formula is C37H42NO4P. The van der Waals surface area contributed by atoms with Gasteiger partial charge in [0.1, 0.15) is 12.2 Å². The van der Waals surface area contributed by atoms with Crippen LogP contribution in [0.25, 0.3) is 0 Å². The number of ether oxygens (including phenoxy) is 2. The van der Waals surface area contributed by atoms with E-state index in [0.29, 0.717) is 0 Å². The summed E-state index contributed by atoms with van der Waals surface area (Å²) in [5.74, 6) is -0.901. The molecule has 5 nitrogen and oxygen atoms in total. The molecule has 4 aromatic carbocycles. The van der Waals surface area contributed by atoms with E-state index in [9.17, 15) is 0 Å². The van der Waals surface area contributed by atoms with Crippen molar-refractivity contribution in [1.82, 2.24) is 4.67 Å². The van der Waals surface area contributed by atoms with Crippen LogP contribution in [0.1, 0.15) is 58.4 Å². The van der Waals surface area contributed by atoms with Crippen molar-refractivity contribution < 1.29 is 18.5 Å². The number of rotatable bonds is 5. The molecule has 2 unspecified atom stereocenters. The van der Waals surface area contributed by atoms with Gasteiger partial charge in [-0.05, 0) is 77.9 Å². The SMILES string of the molecule is Cc1ccc(C2(c3ccc(C)cc3)OP(N(C)C)OC(c3ccc(C)cc3)(c3ccc(C)cc3)C3OC(C)(C)OC32)cc1. The van der Waals surface area contributed by atoms with Gasteiger partial charge in [0.2, 0.25) is 0 Å². The van der Waals surface area contributed by atoms with Crippen LogP contribution in [0.5, 0.6) is 0 Å². The summed E-state index contributed by atoms with van der Waals surface area (Å²) in [6.45, 7) is 12.4. The Bertz CT molecular complexity index is 1360. The zero-order valence-electron chi connectivity index (χ0n) is 26.4. The minimum atomic E-state index is -1.64. The van der Waals surface area contributed by atoms with Crippen LogP contribution in [0, 0.1) is 27.7 Å². The third-order valence-corrected chi connectivity index (χ3v) is 10.1. The molecule has 0 saturated carbocycles. The molecule has 0 N–H and O–H groups in total. The maximum atomic E-state index is 7.43. The van der Waals surface area contributed by atoms with Crippen LogP contribution in [-0.4, -0.2) is 36.8 Å². The monoisotopic (exact) mass is 595 g/mol. The summed E-state index contributed by atoms with van der Waals surface area (Å²) in [4.78, 5) is 0. The topological polar surface area (TPSA) is 40.2 Å². The predicted molar refractivity (Wildman–Crippen MR) is 173 cm³/mol. The quantitative estimate of drug-likeness (QED) is 0.217. The maximum Gasteiger partial charge on any atom is 0.260 e. The Morgan fingerprint density at radius 1 is 0.488 bits per heavy atom. The molecule has 0 spiro atoms. The zero-order chi connectivity index (χ0) is 30.6. The number of benzene rings is 4. The first-order chi connectivity index (χ1) is 20.4. The molecule has 2 heterocycles. The third kappa shape index (κ3) is 5.27. The van der Waals surface area contributed by atoms with Gasteiger partial charge in [0.15, 0.2) is 17.0 Å². The Hall–Kier alpha value is -2.89. The molecule has 43 heavy (non-hydrogen) atoms. The minimum absolute atomic E-state index is 0.567. The number of hydrogen-bond acceptors (Lipinski definition) is 5. The van der Waals surface area contributed by atoms with Crippen LogP contribution in [0.15, 0.2) is 97.1 Å². The summed E-state index contributed by atoms with van der Waals surface area (Å²) >= 11 is 0. The van der Waals surface area contributed by atoms with Crippen molar-refractivity contribution in [3.8, 4) is 0 Å². The lowest BCUT2D eigenvalue weighted by atomic mass is 9.71. The summed E-state index contributed by atoms with van der Waals surface area (Å²) in [5.41, 5.74) is 6.64. The largest absolute Gasteiger partial charge is 0.341 e. The van der Waals surface area contributed by atoms with Crippen LogP contribution in [0.4, 0.5) is 0 Å². The minimum Gasteiger partial charge on any atom is -0.341 e. The van der Waals surface area contributed by atoms with Gasteiger partial charge in [0, 0.05) is 0 Å². The molecule has 2 fully saturated rings. The average Bonchev–Trinajstić information content (AvgIpc) is 3.25. The third-order valence-electron chi connectivity index (χ3n) is 8.59. The van der Waals surface area contributed by atoms with E-state index >= 15 is 0 Å². The standard InChI is InChI=1S/C37H42NO4P/c1-25-9-17-29(18-10-25)36(30-19-11-26(2)12-20-30)33-34(40-35(5,6)39-33)37(42-43(41-36)38(7)8,31-21-13-27(3)14-22-31)32-23-15-28(4)16-24-32/h9-24,33-34H,1-8H3.